The van der Waals surface area contributed by atoms with Gasteiger partial charge in [0.25, 0.3) is 6.73 Å². The van der Waals surface area contributed by atoms with Crippen molar-refractivity contribution in [1.82, 2.24) is 0 Å². The Balaban J connectivity index is 2.18. The van der Waals surface area contributed by atoms with Crippen molar-refractivity contribution in [3.05, 3.63) is 58.7 Å². The van der Waals surface area contributed by atoms with Crippen LogP contribution in [0.25, 0.3) is 0 Å². The molecule has 0 saturated heterocycles. The minimum atomic E-state index is -4.79. The maximum Gasteiger partial charge on any atom is 0.422 e. The zero-order valence-corrected chi connectivity index (χ0v) is 12.9. The highest BCUT2D eigenvalue weighted by atomic mass is 19.4. The summed E-state index contributed by atoms with van der Waals surface area (Å²) in [6.45, 7) is 1.45. The highest BCUT2D eigenvalue weighted by molar-refractivity contribution is 5.82. The van der Waals surface area contributed by atoms with Gasteiger partial charge in [0.05, 0.1) is 11.1 Å². The van der Waals surface area contributed by atoms with Crippen LogP contribution in [-0.2, 0) is 12.4 Å². The predicted molar refractivity (Wildman–Crippen MR) is 78.2 cm³/mol. The monoisotopic (exact) mass is 360 g/mol. The summed E-state index contributed by atoms with van der Waals surface area (Å²) in [7, 11) is 0. The molecule has 3 rings (SSSR count). The summed E-state index contributed by atoms with van der Waals surface area (Å²) in [6.07, 6.45) is -8.18. The molecule has 0 aromatic heterocycles. The van der Waals surface area contributed by atoms with Gasteiger partial charge in [0.1, 0.15) is 11.3 Å². The van der Waals surface area contributed by atoms with Crippen LogP contribution in [0.5, 0.6) is 5.75 Å². The van der Waals surface area contributed by atoms with E-state index in [2.05, 4.69) is 0 Å². The zero-order valence-electron chi connectivity index (χ0n) is 12.9. The summed E-state index contributed by atoms with van der Waals surface area (Å²) in [5, 5.41) is 0. The minimum absolute atomic E-state index is 0.317. The second-order valence-corrected chi connectivity index (χ2v) is 5.59. The predicted octanol–water partition coefficient (Wildman–Crippen LogP) is 5.15. The molecule has 0 radical (unpaired) electrons. The van der Waals surface area contributed by atoms with Crippen LogP contribution in [0.15, 0.2) is 36.4 Å². The molecule has 25 heavy (non-hydrogen) atoms. The molecule has 0 unspecified atom stereocenters. The summed E-state index contributed by atoms with van der Waals surface area (Å²) in [6, 6.07) is 6.44. The molecule has 1 heterocycles. The summed E-state index contributed by atoms with van der Waals surface area (Å²) >= 11 is 0. The van der Waals surface area contributed by atoms with Gasteiger partial charge in [-0.2, -0.15) is 30.9 Å². The fraction of sp³-hybridized carbons (Fsp3) is 0.235. The second kappa shape index (κ2) is 5.79. The largest absolute Gasteiger partial charge is 0.435 e. The van der Waals surface area contributed by atoms with Crippen LogP contribution in [-0.4, -0.2) is 17.5 Å². The van der Waals surface area contributed by atoms with Crippen molar-refractivity contribution in [1.29, 1.82) is 0 Å². The molecule has 0 N–H and O–H groups in total. The SMILES string of the molecule is Cc1cccc2c1OC[N+](c1cc(C(F)(F)F)ccc1C(F)(F)F)=C2. The second-order valence-electron chi connectivity index (χ2n) is 5.59. The standard InChI is InChI=1S/C17H12F6NO/c1-10-3-2-4-11-8-24(9-25-15(10)11)14-7-12(16(18,19)20)5-6-13(14)17(21,22)23/h2-8H,9H2,1H3/q+1. The lowest BCUT2D eigenvalue weighted by Gasteiger charge is -2.18. The van der Waals surface area contributed by atoms with Gasteiger partial charge in [0.2, 0.25) is 5.69 Å². The van der Waals surface area contributed by atoms with Crippen molar-refractivity contribution in [2.45, 2.75) is 19.3 Å². The number of ether oxygens (including phenoxy) is 1. The van der Waals surface area contributed by atoms with Crippen LogP contribution < -0.4 is 4.74 Å². The van der Waals surface area contributed by atoms with E-state index in [1.807, 2.05) is 0 Å². The molecule has 0 amide bonds. The van der Waals surface area contributed by atoms with Crippen LogP contribution >= 0.6 is 0 Å². The first kappa shape index (κ1) is 17.3. The molecule has 0 saturated carbocycles. The van der Waals surface area contributed by atoms with Crippen LogP contribution in [0.2, 0.25) is 0 Å². The highest BCUT2D eigenvalue weighted by Crippen LogP contribution is 2.40. The van der Waals surface area contributed by atoms with Gasteiger partial charge in [-0.25, -0.2) is 0 Å². The van der Waals surface area contributed by atoms with E-state index in [9.17, 15) is 26.3 Å². The lowest BCUT2D eigenvalue weighted by molar-refractivity contribution is -0.478. The van der Waals surface area contributed by atoms with E-state index in [0.717, 1.165) is 10.1 Å². The smallest absolute Gasteiger partial charge is 0.422 e. The minimum Gasteiger partial charge on any atom is -0.435 e. The van der Waals surface area contributed by atoms with Crippen LogP contribution in [0, 0.1) is 6.92 Å². The van der Waals surface area contributed by atoms with Crippen LogP contribution in [0.3, 0.4) is 0 Å². The lowest BCUT2D eigenvalue weighted by Crippen LogP contribution is -2.24. The Kier molecular flexibility index (Phi) is 4.01. The third-order valence-corrected chi connectivity index (χ3v) is 3.83. The van der Waals surface area contributed by atoms with E-state index in [1.165, 1.54) is 6.21 Å². The molecule has 0 spiro atoms. The first-order chi connectivity index (χ1) is 11.6. The van der Waals surface area contributed by atoms with E-state index in [4.69, 9.17) is 4.74 Å². The highest BCUT2D eigenvalue weighted by Gasteiger charge is 2.41. The van der Waals surface area contributed by atoms with Gasteiger partial charge in [0.15, 0.2) is 6.21 Å². The quantitative estimate of drug-likeness (QED) is 0.506. The molecule has 1 aliphatic rings. The van der Waals surface area contributed by atoms with Crippen molar-refractivity contribution in [3.63, 3.8) is 0 Å². The molecule has 0 bridgehead atoms. The van der Waals surface area contributed by atoms with E-state index < -0.39 is 29.2 Å². The summed E-state index contributed by atoms with van der Waals surface area (Å²) in [5.41, 5.74) is -1.63. The normalized spacial score (nSPS) is 14.6. The number of nitrogens with zero attached hydrogens (tertiary/aromatic N) is 1. The van der Waals surface area contributed by atoms with E-state index >= 15 is 0 Å². The molecular formula is C17H12F6NO+. The molecule has 2 aromatic carbocycles. The number of rotatable bonds is 1. The number of halogens is 6. The Hall–Kier alpha value is -2.51. The van der Waals surface area contributed by atoms with Crippen LogP contribution in [0.1, 0.15) is 22.3 Å². The number of aryl methyl sites for hydroxylation is 1. The third-order valence-electron chi connectivity index (χ3n) is 3.83. The van der Waals surface area contributed by atoms with E-state index in [-0.39, 0.29) is 6.73 Å². The van der Waals surface area contributed by atoms with E-state index in [1.54, 1.807) is 25.1 Å². The maximum atomic E-state index is 13.2. The molecule has 0 atom stereocenters. The van der Waals surface area contributed by atoms with Gasteiger partial charge in [-0.15, -0.1) is 0 Å². The number of hydrogen-bond donors (Lipinski definition) is 0. The summed E-state index contributed by atoms with van der Waals surface area (Å²) in [4.78, 5) is 0. The fourth-order valence-corrected chi connectivity index (χ4v) is 2.64. The van der Waals surface area contributed by atoms with Gasteiger partial charge in [-0.1, -0.05) is 12.1 Å². The Labute approximate surface area is 139 Å². The van der Waals surface area contributed by atoms with Crippen molar-refractivity contribution >= 4 is 11.9 Å². The molecule has 1 aliphatic heterocycles. The number of alkyl halides is 6. The molecule has 0 aliphatic carbocycles. The lowest BCUT2D eigenvalue weighted by atomic mass is 10.1. The number of para-hydroxylation sites is 1. The zero-order chi connectivity index (χ0) is 18.4. The van der Waals surface area contributed by atoms with Gasteiger partial charge >= 0.3 is 12.4 Å². The first-order valence-corrected chi connectivity index (χ1v) is 7.20. The molecule has 132 valence electrons. The number of benzene rings is 2. The van der Waals surface area contributed by atoms with Crippen LogP contribution in [0.4, 0.5) is 32.0 Å². The Morgan fingerprint density at radius 3 is 2.32 bits per heavy atom. The third kappa shape index (κ3) is 3.33. The van der Waals surface area contributed by atoms with Gasteiger partial charge in [-0.3, -0.25) is 0 Å². The summed E-state index contributed by atoms with van der Waals surface area (Å²) in [5.74, 6) is 0.499. The Morgan fingerprint density at radius 1 is 0.960 bits per heavy atom. The van der Waals surface area contributed by atoms with E-state index in [0.29, 0.717) is 29.5 Å². The van der Waals surface area contributed by atoms with Crippen molar-refractivity contribution in [2.75, 3.05) is 6.73 Å². The van der Waals surface area contributed by atoms with Crippen molar-refractivity contribution < 1.29 is 35.7 Å². The maximum absolute atomic E-state index is 13.2. The Morgan fingerprint density at radius 2 is 1.68 bits per heavy atom. The number of hydrogen-bond acceptors (Lipinski definition) is 1. The molecule has 8 heteroatoms. The van der Waals surface area contributed by atoms with Gasteiger partial charge in [-0.05, 0) is 30.7 Å². The molecule has 0 fully saturated rings. The Bertz CT molecular complexity index is 851. The van der Waals surface area contributed by atoms with Crippen molar-refractivity contribution in [2.24, 2.45) is 0 Å². The molecule has 2 aromatic rings. The van der Waals surface area contributed by atoms with Gasteiger partial charge in [0, 0.05) is 6.07 Å². The average molecular weight is 360 g/mol. The number of fused-ring (bicyclic) bond motifs is 1. The van der Waals surface area contributed by atoms with Crippen molar-refractivity contribution in [3.8, 4) is 5.75 Å². The average Bonchev–Trinajstić information content (AvgIpc) is 2.52. The topological polar surface area (TPSA) is 12.2 Å². The summed E-state index contributed by atoms with van der Waals surface area (Å²) < 4.78 is 84.9. The molecular weight excluding hydrogens is 348 g/mol. The molecule has 2 nitrogen and oxygen atoms in total. The van der Waals surface area contributed by atoms with Gasteiger partial charge < -0.3 is 4.74 Å². The first-order valence-electron chi connectivity index (χ1n) is 7.20. The fourth-order valence-electron chi connectivity index (χ4n) is 2.64.